The SMILES string of the molecule is O=S(=O)(NC1CC1)c1cccc(-c2nc(Cc3ccno3)no2)c1. The minimum atomic E-state index is -3.52. The molecule has 2 aromatic heterocycles. The lowest BCUT2D eigenvalue weighted by Crippen LogP contribution is -2.25. The second kappa shape index (κ2) is 5.84. The third-order valence-corrected chi connectivity index (χ3v) is 5.10. The van der Waals surface area contributed by atoms with Crippen LogP contribution in [-0.2, 0) is 16.4 Å². The molecular weight excluding hydrogens is 332 g/mol. The summed E-state index contributed by atoms with van der Waals surface area (Å²) in [4.78, 5) is 4.45. The van der Waals surface area contributed by atoms with Crippen LogP contribution in [0, 0.1) is 0 Å². The average molecular weight is 346 g/mol. The first-order valence-electron chi connectivity index (χ1n) is 7.45. The molecular formula is C15H14N4O4S. The highest BCUT2D eigenvalue weighted by atomic mass is 32.2. The molecule has 0 amide bonds. The second-order valence-electron chi connectivity index (χ2n) is 5.59. The molecule has 3 aromatic rings. The van der Waals surface area contributed by atoms with Crippen molar-refractivity contribution in [1.82, 2.24) is 20.0 Å². The summed E-state index contributed by atoms with van der Waals surface area (Å²) in [6, 6.07) is 8.21. The Kier molecular flexibility index (Phi) is 3.66. The number of nitrogens with one attached hydrogen (secondary N) is 1. The van der Waals surface area contributed by atoms with Gasteiger partial charge >= 0.3 is 0 Å². The first kappa shape index (κ1) is 15.0. The maximum atomic E-state index is 12.3. The summed E-state index contributed by atoms with van der Waals surface area (Å²) in [7, 11) is -3.52. The van der Waals surface area contributed by atoms with Gasteiger partial charge in [-0.1, -0.05) is 16.4 Å². The molecule has 0 spiro atoms. The van der Waals surface area contributed by atoms with Crippen LogP contribution in [0.1, 0.15) is 24.4 Å². The lowest BCUT2D eigenvalue weighted by molar-refractivity contribution is 0.382. The predicted molar refractivity (Wildman–Crippen MR) is 82.4 cm³/mol. The Bertz CT molecular complexity index is 946. The third kappa shape index (κ3) is 3.22. The summed E-state index contributed by atoms with van der Waals surface area (Å²) in [6.45, 7) is 0. The van der Waals surface area contributed by atoms with E-state index in [-0.39, 0.29) is 16.8 Å². The van der Waals surface area contributed by atoms with Crippen molar-refractivity contribution in [1.29, 1.82) is 0 Å². The first-order chi connectivity index (χ1) is 11.6. The fourth-order valence-corrected chi connectivity index (χ4v) is 3.57. The van der Waals surface area contributed by atoms with Crippen molar-refractivity contribution >= 4 is 10.0 Å². The largest absolute Gasteiger partial charge is 0.361 e. The summed E-state index contributed by atoms with van der Waals surface area (Å²) in [5.74, 6) is 1.31. The van der Waals surface area contributed by atoms with E-state index in [0.29, 0.717) is 23.6 Å². The van der Waals surface area contributed by atoms with Gasteiger partial charge in [-0.25, -0.2) is 13.1 Å². The molecule has 0 unspecified atom stereocenters. The molecule has 1 aliphatic carbocycles. The fourth-order valence-electron chi connectivity index (χ4n) is 2.22. The zero-order valence-corrected chi connectivity index (χ0v) is 13.4. The summed E-state index contributed by atoms with van der Waals surface area (Å²) >= 11 is 0. The van der Waals surface area contributed by atoms with E-state index in [1.54, 1.807) is 24.3 Å². The Balaban J connectivity index is 1.58. The highest BCUT2D eigenvalue weighted by Gasteiger charge is 2.28. The summed E-state index contributed by atoms with van der Waals surface area (Å²) in [6.07, 6.45) is 3.66. The summed E-state index contributed by atoms with van der Waals surface area (Å²) in [5, 5.41) is 7.49. The van der Waals surface area contributed by atoms with E-state index in [4.69, 9.17) is 9.05 Å². The Morgan fingerprint density at radius 2 is 2.08 bits per heavy atom. The molecule has 1 saturated carbocycles. The monoisotopic (exact) mass is 346 g/mol. The Hall–Kier alpha value is -2.52. The van der Waals surface area contributed by atoms with Crippen molar-refractivity contribution in [2.75, 3.05) is 0 Å². The molecule has 1 N–H and O–H groups in total. The topological polar surface area (TPSA) is 111 Å². The molecule has 0 radical (unpaired) electrons. The van der Waals surface area contributed by atoms with Crippen LogP contribution in [0.25, 0.3) is 11.5 Å². The van der Waals surface area contributed by atoms with Gasteiger partial charge in [-0.3, -0.25) is 0 Å². The molecule has 24 heavy (non-hydrogen) atoms. The van der Waals surface area contributed by atoms with E-state index in [1.807, 2.05) is 0 Å². The molecule has 1 fully saturated rings. The van der Waals surface area contributed by atoms with Gasteiger partial charge < -0.3 is 9.05 Å². The van der Waals surface area contributed by atoms with E-state index in [0.717, 1.165) is 12.8 Å². The van der Waals surface area contributed by atoms with Crippen molar-refractivity contribution in [3.8, 4) is 11.5 Å². The lowest BCUT2D eigenvalue weighted by atomic mass is 10.2. The van der Waals surface area contributed by atoms with Crippen LogP contribution >= 0.6 is 0 Å². The number of sulfonamides is 1. The van der Waals surface area contributed by atoms with Gasteiger partial charge in [0, 0.05) is 17.7 Å². The second-order valence-corrected chi connectivity index (χ2v) is 7.31. The minimum absolute atomic E-state index is 0.0515. The van der Waals surface area contributed by atoms with Gasteiger partial charge in [0.2, 0.25) is 10.0 Å². The number of aromatic nitrogens is 3. The van der Waals surface area contributed by atoms with Crippen molar-refractivity contribution in [2.24, 2.45) is 0 Å². The van der Waals surface area contributed by atoms with Crippen LogP contribution in [0.15, 0.2) is 50.5 Å². The van der Waals surface area contributed by atoms with Gasteiger partial charge in [-0.2, -0.15) is 4.98 Å². The van der Waals surface area contributed by atoms with Gasteiger partial charge in [-0.15, -0.1) is 0 Å². The minimum Gasteiger partial charge on any atom is -0.361 e. The van der Waals surface area contributed by atoms with Crippen molar-refractivity contribution in [3.63, 3.8) is 0 Å². The molecule has 0 saturated heterocycles. The molecule has 9 heteroatoms. The fraction of sp³-hybridized carbons (Fsp3) is 0.267. The molecule has 4 rings (SSSR count). The molecule has 0 aliphatic heterocycles. The normalized spacial score (nSPS) is 14.8. The highest BCUT2D eigenvalue weighted by Crippen LogP contribution is 2.25. The first-order valence-corrected chi connectivity index (χ1v) is 8.93. The zero-order valence-electron chi connectivity index (χ0n) is 12.5. The molecule has 1 aromatic carbocycles. The quantitative estimate of drug-likeness (QED) is 0.724. The third-order valence-electron chi connectivity index (χ3n) is 3.58. The molecule has 1 aliphatic rings. The predicted octanol–water partition coefficient (Wildman–Crippen LogP) is 1.76. The van der Waals surface area contributed by atoms with E-state index in [2.05, 4.69) is 20.0 Å². The van der Waals surface area contributed by atoms with Crippen molar-refractivity contribution in [3.05, 3.63) is 48.1 Å². The van der Waals surface area contributed by atoms with Crippen molar-refractivity contribution < 1.29 is 17.5 Å². The average Bonchev–Trinajstić information content (AvgIpc) is 3.03. The summed E-state index contributed by atoms with van der Waals surface area (Å²) in [5.41, 5.74) is 0.546. The van der Waals surface area contributed by atoms with Crippen molar-refractivity contribution in [2.45, 2.75) is 30.2 Å². The van der Waals surface area contributed by atoms with Gasteiger partial charge in [0.25, 0.3) is 5.89 Å². The molecule has 2 heterocycles. The van der Waals surface area contributed by atoms with Crippen LogP contribution in [0.5, 0.6) is 0 Å². The van der Waals surface area contributed by atoms with Crippen LogP contribution in [-0.4, -0.2) is 29.8 Å². The van der Waals surface area contributed by atoms with Crippen LogP contribution < -0.4 is 4.72 Å². The van der Waals surface area contributed by atoms with Gasteiger partial charge in [0.05, 0.1) is 17.5 Å². The maximum Gasteiger partial charge on any atom is 0.257 e. The number of hydrogen-bond acceptors (Lipinski definition) is 7. The van der Waals surface area contributed by atoms with E-state index >= 15 is 0 Å². The molecule has 124 valence electrons. The molecule has 0 atom stereocenters. The van der Waals surface area contributed by atoms with Crippen LogP contribution in [0.2, 0.25) is 0 Å². The van der Waals surface area contributed by atoms with E-state index in [1.165, 1.54) is 12.3 Å². The zero-order chi connectivity index (χ0) is 16.6. The Labute approximate surface area is 137 Å². The maximum absolute atomic E-state index is 12.3. The van der Waals surface area contributed by atoms with Crippen LogP contribution in [0.4, 0.5) is 0 Å². The van der Waals surface area contributed by atoms with E-state index < -0.39 is 10.0 Å². The van der Waals surface area contributed by atoms with Gasteiger partial charge in [0.15, 0.2) is 5.82 Å². The molecule has 8 nitrogen and oxygen atoms in total. The summed E-state index contributed by atoms with van der Waals surface area (Å²) < 4.78 is 37.4. The lowest BCUT2D eigenvalue weighted by Gasteiger charge is -2.05. The smallest absolute Gasteiger partial charge is 0.257 e. The Morgan fingerprint density at radius 3 is 2.83 bits per heavy atom. The van der Waals surface area contributed by atoms with E-state index in [9.17, 15) is 8.42 Å². The van der Waals surface area contributed by atoms with Crippen LogP contribution in [0.3, 0.4) is 0 Å². The number of benzene rings is 1. The number of rotatable bonds is 6. The van der Waals surface area contributed by atoms with Gasteiger partial charge in [-0.05, 0) is 31.0 Å². The standard InChI is InChI=1S/C15H14N4O4S/c20-24(21,19-11-4-5-11)13-3-1-2-10(8-13)15-17-14(18-23-15)9-12-6-7-16-22-12/h1-3,6-8,11,19H,4-5,9H2. The molecule has 0 bridgehead atoms. The Morgan fingerprint density at radius 1 is 1.21 bits per heavy atom. The number of nitrogens with zero attached hydrogens (tertiary/aromatic N) is 3. The van der Waals surface area contributed by atoms with Gasteiger partial charge in [0.1, 0.15) is 5.76 Å². The number of hydrogen-bond donors (Lipinski definition) is 1. The highest BCUT2D eigenvalue weighted by molar-refractivity contribution is 7.89.